The first-order valence-electron chi connectivity index (χ1n) is 7.84. The zero-order valence-corrected chi connectivity index (χ0v) is 15.8. The van der Waals surface area contributed by atoms with Crippen molar-refractivity contribution in [3.8, 4) is 11.3 Å². The zero-order valence-electron chi connectivity index (χ0n) is 13.6. The third-order valence-corrected chi connectivity index (χ3v) is 4.70. The topological polar surface area (TPSA) is 51.8 Å². The summed E-state index contributed by atoms with van der Waals surface area (Å²) < 4.78 is 11.0. The van der Waals surface area contributed by atoms with Crippen LogP contribution in [-0.4, -0.2) is 11.9 Å². The van der Waals surface area contributed by atoms with Gasteiger partial charge in [-0.25, -0.2) is 9.79 Å². The Bertz CT molecular complexity index is 1120. The van der Waals surface area contributed by atoms with Crippen molar-refractivity contribution in [3.05, 3.63) is 86.7 Å². The zero-order chi connectivity index (χ0) is 19.0. The van der Waals surface area contributed by atoms with Gasteiger partial charge in [0.05, 0.1) is 15.6 Å². The van der Waals surface area contributed by atoms with Gasteiger partial charge < -0.3 is 9.15 Å². The van der Waals surface area contributed by atoms with Crippen molar-refractivity contribution in [3.63, 3.8) is 0 Å². The fraction of sp³-hybridized carbons (Fsp3) is 0. The Kier molecular flexibility index (Phi) is 4.79. The van der Waals surface area contributed by atoms with E-state index in [1.165, 1.54) is 6.08 Å². The maximum Gasteiger partial charge on any atom is 0.363 e. The summed E-state index contributed by atoms with van der Waals surface area (Å²) in [7, 11) is 0. The Morgan fingerprint density at radius 3 is 2.48 bits per heavy atom. The quantitative estimate of drug-likeness (QED) is 0.373. The van der Waals surface area contributed by atoms with Crippen molar-refractivity contribution < 1.29 is 13.9 Å². The standard InChI is InChI=1S/C20H10Cl3NO3/c21-11-5-7-13(16(23)9-11)18-8-6-12(26-18)10-17-20(25)27-19(24-17)14-3-1-2-4-15(14)22/h1-10H. The summed E-state index contributed by atoms with van der Waals surface area (Å²) in [6.07, 6.45) is 1.50. The van der Waals surface area contributed by atoms with E-state index in [9.17, 15) is 4.79 Å². The van der Waals surface area contributed by atoms with Gasteiger partial charge in [-0.05, 0) is 42.5 Å². The molecule has 0 unspecified atom stereocenters. The van der Waals surface area contributed by atoms with Crippen LogP contribution in [0.5, 0.6) is 0 Å². The van der Waals surface area contributed by atoms with Crippen LogP contribution >= 0.6 is 34.8 Å². The highest BCUT2D eigenvalue weighted by Crippen LogP contribution is 2.32. The number of cyclic esters (lactones) is 1. The molecule has 1 aliphatic heterocycles. The molecule has 0 aliphatic carbocycles. The van der Waals surface area contributed by atoms with Gasteiger partial charge in [-0.1, -0.05) is 46.9 Å². The molecule has 0 bridgehead atoms. The molecule has 4 nitrogen and oxygen atoms in total. The number of hydrogen-bond acceptors (Lipinski definition) is 4. The molecule has 0 atom stereocenters. The van der Waals surface area contributed by atoms with Crippen molar-refractivity contribution in [2.24, 2.45) is 4.99 Å². The van der Waals surface area contributed by atoms with Crippen LogP contribution in [0.15, 0.2) is 69.7 Å². The normalized spacial score (nSPS) is 15.1. The minimum absolute atomic E-state index is 0.119. The van der Waals surface area contributed by atoms with Gasteiger partial charge in [0.1, 0.15) is 11.5 Å². The molecule has 2 heterocycles. The third-order valence-electron chi connectivity index (χ3n) is 3.83. The van der Waals surface area contributed by atoms with E-state index in [4.69, 9.17) is 44.0 Å². The minimum Gasteiger partial charge on any atom is -0.457 e. The average Bonchev–Trinajstić information content (AvgIpc) is 3.23. The van der Waals surface area contributed by atoms with Gasteiger partial charge in [0.25, 0.3) is 0 Å². The number of halogens is 3. The van der Waals surface area contributed by atoms with Gasteiger partial charge in [0.15, 0.2) is 5.70 Å². The highest BCUT2D eigenvalue weighted by molar-refractivity contribution is 6.36. The molecule has 0 N–H and O–H groups in total. The number of hydrogen-bond donors (Lipinski definition) is 0. The molecule has 1 aromatic heterocycles. The van der Waals surface area contributed by atoms with Gasteiger partial charge in [-0.3, -0.25) is 0 Å². The van der Waals surface area contributed by atoms with Crippen LogP contribution in [0.4, 0.5) is 0 Å². The van der Waals surface area contributed by atoms with Gasteiger partial charge in [-0.2, -0.15) is 0 Å². The van der Waals surface area contributed by atoms with E-state index < -0.39 is 5.97 Å². The number of rotatable bonds is 3. The molecule has 0 saturated heterocycles. The Balaban J connectivity index is 1.65. The molecule has 27 heavy (non-hydrogen) atoms. The lowest BCUT2D eigenvalue weighted by Gasteiger charge is -2.00. The third kappa shape index (κ3) is 3.65. The lowest BCUT2D eigenvalue weighted by Crippen LogP contribution is -2.05. The Hall–Kier alpha value is -2.53. The number of esters is 1. The second kappa shape index (κ2) is 7.24. The SMILES string of the molecule is O=C1OC(c2ccccc2Cl)=NC1=Cc1ccc(-c2ccc(Cl)cc2Cl)o1. The highest BCUT2D eigenvalue weighted by atomic mass is 35.5. The first-order valence-corrected chi connectivity index (χ1v) is 8.97. The van der Waals surface area contributed by atoms with Crippen LogP contribution in [0.2, 0.25) is 15.1 Å². The number of ether oxygens (including phenoxy) is 1. The summed E-state index contributed by atoms with van der Waals surface area (Å²) in [6, 6.07) is 15.6. The largest absolute Gasteiger partial charge is 0.457 e. The fourth-order valence-electron chi connectivity index (χ4n) is 2.56. The average molecular weight is 419 g/mol. The van der Waals surface area contributed by atoms with Crippen LogP contribution in [0.25, 0.3) is 17.4 Å². The van der Waals surface area contributed by atoms with Crippen molar-refractivity contribution in [2.75, 3.05) is 0 Å². The predicted molar refractivity (Wildman–Crippen MR) is 106 cm³/mol. The molecule has 3 aromatic rings. The monoisotopic (exact) mass is 417 g/mol. The van der Waals surface area contributed by atoms with Crippen LogP contribution in [-0.2, 0) is 9.53 Å². The smallest absolute Gasteiger partial charge is 0.363 e. The maximum absolute atomic E-state index is 12.1. The van der Waals surface area contributed by atoms with Crippen LogP contribution in [0.3, 0.4) is 0 Å². The second-order valence-electron chi connectivity index (χ2n) is 5.64. The number of aliphatic imine (C=N–C) groups is 1. The van der Waals surface area contributed by atoms with E-state index in [0.29, 0.717) is 37.7 Å². The Morgan fingerprint density at radius 1 is 0.889 bits per heavy atom. The maximum atomic E-state index is 12.1. The highest BCUT2D eigenvalue weighted by Gasteiger charge is 2.26. The first kappa shape index (κ1) is 17.9. The predicted octanol–water partition coefficient (Wildman–Crippen LogP) is 6.25. The second-order valence-corrected chi connectivity index (χ2v) is 6.89. The van der Waals surface area contributed by atoms with Gasteiger partial charge in [0.2, 0.25) is 5.90 Å². The van der Waals surface area contributed by atoms with Crippen molar-refractivity contribution >= 4 is 52.7 Å². The molecule has 0 fully saturated rings. The van der Waals surface area contributed by atoms with Crippen LogP contribution < -0.4 is 0 Å². The van der Waals surface area contributed by atoms with E-state index in [2.05, 4.69) is 4.99 Å². The van der Waals surface area contributed by atoms with E-state index >= 15 is 0 Å². The Morgan fingerprint density at radius 2 is 1.70 bits per heavy atom. The molecule has 1 aliphatic rings. The lowest BCUT2D eigenvalue weighted by molar-refractivity contribution is -0.129. The molecule has 2 aromatic carbocycles. The van der Waals surface area contributed by atoms with Crippen LogP contribution in [0, 0.1) is 0 Å². The summed E-state index contributed by atoms with van der Waals surface area (Å²) in [5.74, 6) is 0.564. The van der Waals surface area contributed by atoms with Crippen LogP contribution in [0.1, 0.15) is 11.3 Å². The molecule has 4 rings (SSSR count). The lowest BCUT2D eigenvalue weighted by atomic mass is 10.2. The van der Waals surface area contributed by atoms with E-state index in [1.807, 2.05) is 0 Å². The van der Waals surface area contributed by atoms with E-state index in [-0.39, 0.29) is 11.6 Å². The molecular formula is C20H10Cl3NO3. The molecular weight excluding hydrogens is 409 g/mol. The Labute approximate surface area is 169 Å². The summed E-state index contributed by atoms with van der Waals surface area (Å²) in [6.45, 7) is 0. The molecule has 7 heteroatoms. The molecule has 0 radical (unpaired) electrons. The number of furan rings is 1. The van der Waals surface area contributed by atoms with Gasteiger partial charge >= 0.3 is 5.97 Å². The van der Waals surface area contributed by atoms with Gasteiger partial charge in [-0.15, -0.1) is 0 Å². The summed E-state index contributed by atoms with van der Waals surface area (Å²) in [4.78, 5) is 16.3. The van der Waals surface area contributed by atoms with Crippen molar-refractivity contribution in [1.82, 2.24) is 0 Å². The number of benzene rings is 2. The number of carbonyl (C=O) groups excluding carboxylic acids is 1. The number of carbonyl (C=O) groups is 1. The first-order chi connectivity index (χ1) is 13.0. The minimum atomic E-state index is -0.576. The van der Waals surface area contributed by atoms with Crippen molar-refractivity contribution in [1.29, 1.82) is 0 Å². The summed E-state index contributed by atoms with van der Waals surface area (Å²) >= 11 is 18.2. The molecule has 0 saturated carbocycles. The summed E-state index contributed by atoms with van der Waals surface area (Å²) in [5, 5.41) is 1.45. The molecule has 0 spiro atoms. The molecule has 134 valence electrons. The fourth-order valence-corrected chi connectivity index (χ4v) is 3.28. The molecule has 0 amide bonds. The van der Waals surface area contributed by atoms with Gasteiger partial charge in [0, 0.05) is 16.7 Å². The van der Waals surface area contributed by atoms with E-state index in [1.54, 1.807) is 54.6 Å². The number of nitrogens with zero attached hydrogens (tertiary/aromatic N) is 1. The summed E-state index contributed by atoms with van der Waals surface area (Å²) in [5.41, 5.74) is 1.36. The van der Waals surface area contributed by atoms with Crippen molar-refractivity contribution in [2.45, 2.75) is 0 Å². The van der Waals surface area contributed by atoms with E-state index in [0.717, 1.165) is 0 Å².